The number of halogens is 2. The molecule has 0 aliphatic rings. The van der Waals surface area contributed by atoms with Gasteiger partial charge in [-0.1, -0.05) is 15.9 Å². The van der Waals surface area contributed by atoms with Gasteiger partial charge in [-0.3, -0.25) is 4.98 Å². The van der Waals surface area contributed by atoms with Crippen molar-refractivity contribution in [2.45, 2.75) is 26.8 Å². The quantitative estimate of drug-likeness (QED) is 0.880. The number of nitrogens with one attached hydrogen (secondary N) is 1. The largest absolute Gasteiger partial charge is 0.377 e. The average Bonchev–Trinajstić information content (AvgIpc) is 2.34. The average molecular weight is 323 g/mol. The number of hydrogen-bond donors (Lipinski definition) is 1. The Morgan fingerprint density at radius 2 is 1.84 bits per heavy atom. The highest BCUT2D eigenvalue weighted by atomic mass is 79.9. The number of rotatable bonds is 3. The van der Waals surface area contributed by atoms with Gasteiger partial charge in [0.1, 0.15) is 5.82 Å². The summed E-state index contributed by atoms with van der Waals surface area (Å²) in [5, 5.41) is 3.44. The molecule has 0 amide bonds. The van der Waals surface area contributed by atoms with Crippen LogP contribution in [0.25, 0.3) is 0 Å². The van der Waals surface area contributed by atoms with Gasteiger partial charge in [0, 0.05) is 10.2 Å². The van der Waals surface area contributed by atoms with E-state index in [4.69, 9.17) is 0 Å². The van der Waals surface area contributed by atoms with E-state index in [0.717, 1.165) is 15.9 Å². The maximum atomic E-state index is 12.9. The summed E-state index contributed by atoms with van der Waals surface area (Å²) in [6.45, 7) is 6.14. The first kappa shape index (κ1) is 14.0. The molecule has 0 fully saturated rings. The molecule has 0 bridgehead atoms. The molecule has 2 aromatic rings. The molecule has 0 radical (unpaired) electrons. The van der Waals surface area contributed by atoms with Gasteiger partial charge in [0.2, 0.25) is 0 Å². The van der Waals surface area contributed by atoms with Gasteiger partial charge in [-0.2, -0.15) is 0 Å². The van der Waals surface area contributed by atoms with Gasteiger partial charge in [-0.15, -0.1) is 0 Å². The highest BCUT2D eigenvalue weighted by Gasteiger charge is 2.10. The fourth-order valence-corrected chi connectivity index (χ4v) is 2.76. The van der Waals surface area contributed by atoms with Crippen molar-refractivity contribution >= 4 is 21.6 Å². The molecule has 0 saturated heterocycles. The zero-order valence-electron chi connectivity index (χ0n) is 11.2. The summed E-state index contributed by atoms with van der Waals surface area (Å²) < 4.78 is 13.9. The number of aryl methyl sites for hydroxylation is 2. The highest BCUT2D eigenvalue weighted by molar-refractivity contribution is 9.10. The summed E-state index contributed by atoms with van der Waals surface area (Å²) in [5.74, 6) is -0.313. The van der Waals surface area contributed by atoms with E-state index in [2.05, 4.69) is 52.2 Å². The van der Waals surface area contributed by atoms with Crippen LogP contribution in [0.3, 0.4) is 0 Å². The van der Waals surface area contributed by atoms with Crippen LogP contribution in [0.5, 0.6) is 0 Å². The molecule has 19 heavy (non-hydrogen) atoms. The third kappa shape index (κ3) is 3.32. The molecule has 0 aliphatic heterocycles. The number of aromatic nitrogens is 1. The lowest BCUT2D eigenvalue weighted by Gasteiger charge is -2.19. The Hall–Kier alpha value is -1.42. The number of anilines is 1. The Kier molecular flexibility index (Phi) is 4.20. The first-order valence-corrected chi connectivity index (χ1v) is 6.91. The van der Waals surface area contributed by atoms with Gasteiger partial charge < -0.3 is 5.32 Å². The second-order valence-electron chi connectivity index (χ2n) is 4.68. The van der Waals surface area contributed by atoms with Gasteiger partial charge in [0.05, 0.1) is 17.9 Å². The molecule has 1 aromatic heterocycles. The summed E-state index contributed by atoms with van der Waals surface area (Å²) >= 11 is 3.48. The summed E-state index contributed by atoms with van der Waals surface area (Å²) in [7, 11) is 0. The molecule has 4 heteroatoms. The summed E-state index contributed by atoms with van der Waals surface area (Å²) in [5.41, 5.74) is 4.26. The monoisotopic (exact) mass is 322 g/mol. The van der Waals surface area contributed by atoms with Crippen molar-refractivity contribution in [1.29, 1.82) is 0 Å². The van der Waals surface area contributed by atoms with Crippen molar-refractivity contribution in [1.82, 2.24) is 4.98 Å². The molecular formula is C15H16BrFN2. The highest BCUT2D eigenvalue weighted by Crippen LogP contribution is 2.28. The minimum atomic E-state index is -0.313. The molecule has 100 valence electrons. The van der Waals surface area contributed by atoms with Crippen molar-refractivity contribution < 1.29 is 4.39 Å². The lowest BCUT2D eigenvalue weighted by molar-refractivity contribution is 0.617. The van der Waals surface area contributed by atoms with Gasteiger partial charge >= 0.3 is 0 Å². The predicted octanol–water partition coefficient (Wildman–Crippen LogP) is 4.77. The van der Waals surface area contributed by atoms with E-state index in [1.807, 2.05) is 6.92 Å². The topological polar surface area (TPSA) is 24.9 Å². The molecule has 2 rings (SSSR count). The predicted molar refractivity (Wildman–Crippen MR) is 79.8 cm³/mol. The van der Waals surface area contributed by atoms with Crippen LogP contribution in [0.4, 0.5) is 10.1 Å². The van der Waals surface area contributed by atoms with Gasteiger partial charge in [0.25, 0.3) is 0 Å². The maximum Gasteiger partial charge on any atom is 0.141 e. The van der Waals surface area contributed by atoms with Crippen molar-refractivity contribution in [3.63, 3.8) is 0 Å². The van der Waals surface area contributed by atoms with E-state index >= 15 is 0 Å². The normalized spacial score (nSPS) is 12.3. The Bertz CT molecular complexity index is 558. The zero-order chi connectivity index (χ0) is 14.0. The van der Waals surface area contributed by atoms with Crippen LogP contribution < -0.4 is 5.32 Å². The molecular weight excluding hydrogens is 307 g/mol. The number of nitrogens with zero attached hydrogens (tertiary/aromatic N) is 1. The van der Waals surface area contributed by atoms with Crippen LogP contribution in [0.1, 0.15) is 29.8 Å². The lowest BCUT2D eigenvalue weighted by atomic mass is 10.1. The summed E-state index contributed by atoms with van der Waals surface area (Å²) in [4.78, 5) is 4.10. The minimum absolute atomic E-state index is 0.0270. The van der Waals surface area contributed by atoms with E-state index in [1.54, 1.807) is 6.07 Å². The fraction of sp³-hybridized carbons (Fsp3) is 0.267. The lowest BCUT2D eigenvalue weighted by Crippen LogP contribution is -2.10. The Balaban J connectivity index is 2.24. The van der Waals surface area contributed by atoms with Crippen LogP contribution in [0, 0.1) is 19.7 Å². The molecule has 1 unspecified atom stereocenters. The molecule has 0 saturated carbocycles. The second-order valence-corrected chi connectivity index (χ2v) is 5.60. The minimum Gasteiger partial charge on any atom is -0.377 e. The Morgan fingerprint density at radius 3 is 2.37 bits per heavy atom. The van der Waals surface area contributed by atoms with E-state index in [9.17, 15) is 4.39 Å². The van der Waals surface area contributed by atoms with Crippen molar-refractivity contribution in [3.8, 4) is 0 Å². The Morgan fingerprint density at radius 1 is 1.21 bits per heavy atom. The Labute approximate surface area is 121 Å². The van der Waals surface area contributed by atoms with Gasteiger partial charge in [-0.05, 0) is 56.2 Å². The molecule has 2 nitrogen and oxygen atoms in total. The van der Waals surface area contributed by atoms with E-state index < -0.39 is 0 Å². The maximum absolute atomic E-state index is 12.9. The fourth-order valence-electron chi connectivity index (χ4n) is 2.07. The second kappa shape index (κ2) is 5.70. The van der Waals surface area contributed by atoms with Crippen LogP contribution in [0.2, 0.25) is 0 Å². The molecule has 0 spiro atoms. The smallest absolute Gasteiger partial charge is 0.141 e. The van der Waals surface area contributed by atoms with E-state index in [1.165, 1.54) is 23.4 Å². The summed E-state index contributed by atoms with van der Waals surface area (Å²) in [6, 6.07) is 7.30. The molecule has 1 aromatic carbocycles. The molecule has 0 aliphatic carbocycles. The zero-order valence-corrected chi connectivity index (χ0v) is 12.8. The molecule has 1 heterocycles. The standard InChI is InChI=1S/C15H16BrFN2/c1-9-6-12(16)7-10(2)15(9)19-11(3)14-5-4-13(17)8-18-14/h4-8,11,19H,1-3H3. The van der Waals surface area contributed by atoms with Crippen molar-refractivity contribution in [2.24, 2.45) is 0 Å². The van der Waals surface area contributed by atoms with Gasteiger partial charge in [0.15, 0.2) is 0 Å². The van der Waals surface area contributed by atoms with Crippen LogP contribution in [-0.4, -0.2) is 4.98 Å². The van der Waals surface area contributed by atoms with Crippen LogP contribution in [-0.2, 0) is 0 Å². The van der Waals surface area contributed by atoms with Crippen LogP contribution >= 0.6 is 15.9 Å². The summed E-state index contributed by atoms with van der Waals surface area (Å²) in [6.07, 6.45) is 1.24. The van der Waals surface area contributed by atoms with Crippen molar-refractivity contribution in [2.75, 3.05) is 5.32 Å². The SMILES string of the molecule is Cc1cc(Br)cc(C)c1NC(C)c1ccc(F)cn1. The third-order valence-corrected chi connectivity index (χ3v) is 3.51. The van der Waals surface area contributed by atoms with Crippen molar-refractivity contribution in [3.05, 3.63) is 57.6 Å². The van der Waals surface area contributed by atoms with E-state index in [-0.39, 0.29) is 11.9 Å². The third-order valence-electron chi connectivity index (χ3n) is 3.05. The number of benzene rings is 1. The van der Waals surface area contributed by atoms with E-state index in [0.29, 0.717) is 0 Å². The van der Waals surface area contributed by atoms with Gasteiger partial charge in [-0.25, -0.2) is 4.39 Å². The number of pyridine rings is 1. The van der Waals surface area contributed by atoms with Crippen LogP contribution in [0.15, 0.2) is 34.9 Å². The molecule has 1 atom stereocenters. The first-order chi connectivity index (χ1) is 8.97. The molecule has 1 N–H and O–H groups in total. The first-order valence-electron chi connectivity index (χ1n) is 6.12. The number of hydrogen-bond acceptors (Lipinski definition) is 2.